The van der Waals surface area contributed by atoms with Crippen molar-refractivity contribution in [3.8, 4) is 22.9 Å². The predicted molar refractivity (Wildman–Crippen MR) is 137 cm³/mol. The smallest absolute Gasteiger partial charge is 0.393 e. The highest BCUT2D eigenvalue weighted by Gasteiger charge is 2.31. The largest absolute Gasteiger partial charge is 0.508 e. The molecule has 0 spiro atoms. The number of aromatic amines is 1. The van der Waals surface area contributed by atoms with Gasteiger partial charge in [0.2, 0.25) is 0 Å². The Hall–Kier alpha value is -4.71. The maximum atomic E-state index is 14.3. The van der Waals surface area contributed by atoms with E-state index < -0.39 is 57.3 Å². The lowest BCUT2D eigenvalue weighted by Gasteiger charge is -2.22. The minimum absolute atomic E-state index is 0.0405. The summed E-state index contributed by atoms with van der Waals surface area (Å²) in [5, 5.41) is 28.6. The molecule has 218 valence electrons. The van der Waals surface area contributed by atoms with Gasteiger partial charge in [0, 0.05) is 18.7 Å². The second-order valence-corrected chi connectivity index (χ2v) is 9.95. The molecule has 1 amide bonds. The fraction of sp³-hybridized carbons (Fsp3) is 0.217. The number of nitrogens with zero attached hydrogens (tertiary/aromatic N) is 4. The molecule has 2 aromatic carbocycles. The Morgan fingerprint density at radius 3 is 2.46 bits per heavy atom. The van der Waals surface area contributed by atoms with Gasteiger partial charge in [-0.2, -0.15) is 26.7 Å². The third kappa shape index (κ3) is 6.22. The molecule has 0 fully saturated rings. The number of amides is 1. The number of carbonyl (C=O) groups is 1. The molecule has 0 saturated heterocycles. The predicted octanol–water partition coefficient (Wildman–Crippen LogP) is 3.02. The summed E-state index contributed by atoms with van der Waals surface area (Å²) >= 11 is 0. The Morgan fingerprint density at radius 1 is 1.15 bits per heavy atom. The molecule has 2 heterocycles. The summed E-state index contributed by atoms with van der Waals surface area (Å²) in [7, 11) is -4.73. The number of aromatic hydroxyl groups is 2. The first-order valence-corrected chi connectivity index (χ1v) is 12.9. The number of alkyl halides is 3. The van der Waals surface area contributed by atoms with Gasteiger partial charge in [0.05, 0.1) is 17.5 Å². The number of benzene rings is 2. The van der Waals surface area contributed by atoms with E-state index in [1.807, 2.05) is 0 Å². The van der Waals surface area contributed by atoms with E-state index in [0.717, 1.165) is 0 Å². The number of nitrogens with one attached hydrogen (secondary N) is 2. The average Bonchev–Trinajstić information content (AvgIpc) is 3.29. The molecule has 0 aliphatic carbocycles. The van der Waals surface area contributed by atoms with Gasteiger partial charge in [-0.1, -0.05) is 0 Å². The van der Waals surface area contributed by atoms with Crippen LogP contribution in [0.15, 0.2) is 30.3 Å². The van der Waals surface area contributed by atoms with Crippen LogP contribution in [-0.2, 0) is 23.3 Å². The highest BCUT2D eigenvalue weighted by atomic mass is 32.2. The van der Waals surface area contributed by atoms with Crippen LogP contribution in [0.4, 0.5) is 29.1 Å². The van der Waals surface area contributed by atoms with Crippen LogP contribution in [0.25, 0.3) is 22.4 Å². The lowest BCUT2D eigenvalue weighted by Crippen LogP contribution is -2.31. The SMILES string of the molecule is CCN(c1ccc(O)cc1CNc1nc(-c2cc(F)c(O)cc2CC(F)(F)F)nc2[nH]nc(C(N)=O)c12)S(=O)(=O)O. The van der Waals surface area contributed by atoms with Gasteiger partial charge in [-0.05, 0) is 48.4 Å². The van der Waals surface area contributed by atoms with E-state index in [1.54, 1.807) is 0 Å². The van der Waals surface area contributed by atoms with Gasteiger partial charge in [0.15, 0.2) is 28.7 Å². The average molecular weight is 600 g/mol. The molecule has 0 aliphatic rings. The van der Waals surface area contributed by atoms with Gasteiger partial charge in [-0.3, -0.25) is 14.4 Å². The standard InChI is InChI=1S/C23H21F4N7O6S/c1-2-34(41(38,39)40)15-4-3-12(35)5-11(15)9-29-21-17-18(19(28)37)32-33-22(17)31-20(30-21)13-7-14(24)16(36)6-10(13)8-23(25,26)27/h3-7,35-36H,2,8-9H2,1H3,(H2,28,37)(H,38,39,40)(H2,29,30,31,32,33). The zero-order chi connectivity index (χ0) is 30.3. The molecule has 4 aromatic rings. The van der Waals surface area contributed by atoms with E-state index in [1.165, 1.54) is 25.1 Å². The molecule has 13 nitrogen and oxygen atoms in total. The molecule has 0 radical (unpaired) electrons. The van der Waals surface area contributed by atoms with Crippen LogP contribution in [0.3, 0.4) is 0 Å². The number of halogens is 4. The fourth-order valence-electron chi connectivity index (χ4n) is 4.13. The lowest BCUT2D eigenvalue weighted by atomic mass is 10.0. The quantitative estimate of drug-likeness (QED) is 0.122. The first-order chi connectivity index (χ1) is 19.1. The normalized spacial score (nSPS) is 12.0. The second-order valence-electron chi connectivity index (χ2n) is 8.62. The van der Waals surface area contributed by atoms with Crippen molar-refractivity contribution in [3.63, 3.8) is 0 Å². The van der Waals surface area contributed by atoms with Crippen molar-refractivity contribution in [3.05, 3.63) is 53.0 Å². The van der Waals surface area contributed by atoms with E-state index in [0.29, 0.717) is 16.4 Å². The molecule has 2 aromatic heterocycles. The van der Waals surface area contributed by atoms with Crippen molar-refractivity contribution in [1.82, 2.24) is 20.2 Å². The maximum absolute atomic E-state index is 14.3. The van der Waals surface area contributed by atoms with Crippen molar-refractivity contribution in [2.45, 2.75) is 26.1 Å². The number of phenolic OH excluding ortho intramolecular Hbond substituents is 2. The fourth-order valence-corrected chi connectivity index (χ4v) is 4.88. The summed E-state index contributed by atoms with van der Waals surface area (Å²) < 4.78 is 88.2. The topological polar surface area (TPSA) is 208 Å². The second kappa shape index (κ2) is 10.7. The van der Waals surface area contributed by atoms with Gasteiger partial charge in [0.25, 0.3) is 5.91 Å². The molecule has 41 heavy (non-hydrogen) atoms. The molecule has 18 heteroatoms. The Bertz CT molecular complexity index is 1760. The van der Waals surface area contributed by atoms with Crippen molar-refractivity contribution >= 4 is 38.7 Å². The molecule has 0 bridgehead atoms. The van der Waals surface area contributed by atoms with E-state index in [4.69, 9.17) is 5.73 Å². The van der Waals surface area contributed by atoms with E-state index in [2.05, 4.69) is 25.5 Å². The number of aromatic nitrogens is 4. The minimum atomic E-state index is -4.75. The van der Waals surface area contributed by atoms with E-state index in [9.17, 15) is 45.5 Å². The van der Waals surface area contributed by atoms with Crippen molar-refractivity contribution in [2.24, 2.45) is 5.73 Å². The highest BCUT2D eigenvalue weighted by molar-refractivity contribution is 7.87. The monoisotopic (exact) mass is 599 g/mol. The van der Waals surface area contributed by atoms with Gasteiger partial charge in [-0.15, -0.1) is 0 Å². The van der Waals surface area contributed by atoms with Crippen LogP contribution in [-0.4, -0.2) is 62.0 Å². The number of anilines is 2. The zero-order valence-corrected chi connectivity index (χ0v) is 21.7. The first kappa shape index (κ1) is 29.3. The number of hydrogen-bond donors (Lipinski definition) is 6. The van der Waals surface area contributed by atoms with Crippen LogP contribution in [0, 0.1) is 5.82 Å². The van der Waals surface area contributed by atoms with E-state index >= 15 is 0 Å². The van der Waals surface area contributed by atoms with Crippen LogP contribution >= 0.6 is 0 Å². The number of H-pyrrole nitrogens is 1. The molecule has 0 atom stereocenters. The van der Waals surface area contributed by atoms with Gasteiger partial charge in [-0.25, -0.2) is 18.7 Å². The van der Waals surface area contributed by atoms with Crippen LogP contribution in [0.1, 0.15) is 28.5 Å². The summed E-state index contributed by atoms with van der Waals surface area (Å²) in [6.45, 7) is 0.919. The number of phenols is 2. The molecule has 4 rings (SSSR count). The summed E-state index contributed by atoms with van der Waals surface area (Å²) in [5.74, 6) is -4.26. The van der Waals surface area contributed by atoms with Crippen molar-refractivity contribution < 1.29 is 45.5 Å². The molecule has 7 N–H and O–H groups in total. The Morgan fingerprint density at radius 2 is 1.85 bits per heavy atom. The zero-order valence-electron chi connectivity index (χ0n) is 20.9. The Labute approximate surface area is 228 Å². The Kier molecular flexibility index (Phi) is 7.64. The van der Waals surface area contributed by atoms with Crippen LogP contribution in [0.5, 0.6) is 11.5 Å². The first-order valence-electron chi connectivity index (χ1n) is 11.5. The molecular weight excluding hydrogens is 578 g/mol. The molecule has 0 saturated carbocycles. The van der Waals surface area contributed by atoms with Gasteiger partial charge >= 0.3 is 16.5 Å². The lowest BCUT2D eigenvalue weighted by molar-refractivity contribution is -0.127. The summed E-state index contributed by atoms with van der Waals surface area (Å²) in [6.07, 6.45) is -6.31. The number of hydrogen-bond acceptors (Lipinski definition) is 9. The minimum Gasteiger partial charge on any atom is -0.508 e. The summed E-state index contributed by atoms with van der Waals surface area (Å²) in [4.78, 5) is 20.3. The number of carbonyl (C=O) groups excluding carboxylic acids is 1. The van der Waals surface area contributed by atoms with Crippen molar-refractivity contribution in [1.29, 1.82) is 0 Å². The van der Waals surface area contributed by atoms with Gasteiger partial charge < -0.3 is 21.3 Å². The third-order valence-electron chi connectivity index (χ3n) is 5.80. The number of fused-ring (bicyclic) bond motifs is 1. The molecule has 0 unspecified atom stereocenters. The summed E-state index contributed by atoms with van der Waals surface area (Å²) in [5.41, 5.74) is 3.93. The van der Waals surface area contributed by atoms with Gasteiger partial charge in [0.1, 0.15) is 11.6 Å². The molecular formula is C23H21F4N7O6S. The van der Waals surface area contributed by atoms with Crippen LogP contribution in [0.2, 0.25) is 0 Å². The Balaban J connectivity index is 1.88. The van der Waals surface area contributed by atoms with Crippen molar-refractivity contribution in [2.75, 3.05) is 16.2 Å². The van der Waals surface area contributed by atoms with E-state index in [-0.39, 0.29) is 52.6 Å². The highest BCUT2D eigenvalue weighted by Crippen LogP contribution is 2.35. The summed E-state index contributed by atoms with van der Waals surface area (Å²) in [6, 6.07) is 4.78. The molecule has 0 aliphatic heterocycles. The number of nitrogens with two attached hydrogens (primary N) is 1. The number of primary amides is 1. The third-order valence-corrected chi connectivity index (χ3v) is 6.81. The maximum Gasteiger partial charge on any atom is 0.393 e. The van der Waals surface area contributed by atoms with Crippen LogP contribution < -0.4 is 15.4 Å². The number of rotatable bonds is 9.